The van der Waals surface area contributed by atoms with E-state index in [0.717, 1.165) is 11.3 Å². The zero-order valence-corrected chi connectivity index (χ0v) is 14.1. The van der Waals surface area contributed by atoms with Crippen molar-refractivity contribution in [3.8, 4) is 22.2 Å². The summed E-state index contributed by atoms with van der Waals surface area (Å²) >= 11 is 7.05. The summed E-state index contributed by atoms with van der Waals surface area (Å²) in [6.45, 7) is 0. The summed E-state index contributed by atoms with van der Waals surface area (Å²) in [5, 5.41) is 17.8. The van der Waals surface area contributed by atoms with E-state index in [1.807, 2.05) is 0 Å². The number of aromatic amines is 1. The number of ether oxygens (including phenoxy) is 2. The highest BCUT2D eigenvalue weighted by atomic mass is 35.5. The molecule has 24 heavy (non-hydrogen) atoms. The summed E-state index contributed by atoms with van der Waals surface area (Å²) in [6.07, 6.45) is 2.87. The molecule has 3 heterocycles. The van der Waals surface area contributed by atoms with Crippen LogP contribution >= 0.6 is 22.9 Å². The van der Waals surface area contributed by atoms with E-state index in [1.165, 1.54) is 26.6 Å². The van der Waals surface area contributed by atoms with Gasteiger partial charge in [0.2, 0.25) is 5.13 Å². The highest BCUT2D eigenvalue weighted by molar-refractivity contribution is 7.17. The summed E-state index contributed by atoms with van der Waals surface area (Å²) in [5.41, 5.74) is 1.31. The second-order valence-corrected chi connectivity index (χ2v) is 5.72. The third-order valence-electron chi connectivity index (χ3n) is 3.01. The van der Waals surface area contributed by atoms with Gasteiger partial charge in [0.25, 0.3) is 11.1 Å². The van der Waals surface area contributed by atoms with Gasteiger partial charge in [-0.05, 0) is 17.4 Å². The molecule has 0 bridgehead atoms. The molecule has 9 nitrogen and oxygen atoms in total. The molecule has 3 aromatic rings. The minimum Gasteiger partial charge on any atom is -0.494 e. The van der Waals surface area contributed by atoms with Gasteiger partial charge in [-0.3, -0.25) is 15.2 Å². The molecule has 11 heteroatoms. The number of pyridine rings is 1. The summed E-state index contributed by atoms with van der Waals surface area (Å²) in [7, 11) is 2.97. The number of methoxy groups -OCH3 is 2. The average molecular weight is 367 g/mol. The van der Waals surface area contributed by atoms with E-state index in [9.17, 15) is 4.79 Å². The van der Waals surface area contributed by atoms with Crippen LogP contribution in [0.4, 0.5) is 5.13 Å². The van der Waals surface area contributed by atoms with Crippen molar-refractivity contribution >= 4 is 34.0 Å². The number of carbonyl (C=O) groups excluding carboxylic acids is 1. The number of nitrogens with zero attached hydrogens (tertiary/aromatic N) is 4. The largest absolute Gasteiger partial charge is 0.494 e. The normalized spacial score (nSPS) is 10.5. The van der Waals surface area contributed by atoms with Crippen LogP contribution in [-0.2, 0) is 0 Å². The van der Waals surface area contributed by atoms with Gasteiger partial charge in [0.05, 0.1) is 37.9 Å². The Balaban J connectivity index is 1.92. The summed E-state index contributed by atoms with van der Waals surface area (Å²) in [5.74, 6) is 0.0443. The lowest BCUT2D eigenvalue weighted by molar-refractivity contribution is 0.102. The van der Waals surface area contributed by atoms with Gasteiger partial charge in [-0.1, -0.05) is 16.7 Å². The van der Waals surface area contributed by atoms with Gasteiger partial charge in [0.1, 0.15) is 10.9 Å². The fraction of sp³-hybridized carbons (Fsp3) is 0.154. The first-order valence-corrected chi connectivity index (χ1v) is 7.74. The van der Waals surface area contributed by atoms with Crippen LogP contribution in [0.25, 0.3) is 11.3 Å². The molecule has 0 aliphatic heterocycles. The molecule has 124 valence electrons. The Hall–Kier alpha value is -2.72. The minimum atomic E-state index is -0.410. The molecule has 0 aromatic carbocycles. The van der Waals surface area contributed by atoms with Crippen LogP contribution in [0.2, 0.25) is 5.15 Å². The molecular formula is C13H11ClN6O3S. The number of H-pyrrole nitrogens is 1. The van der Waals surface area contributed by atoms with Crippen molar-refractivity contribution in [3.63, 3.8) is 0 Å². The van der Waals surface area contributed by atoms with E-state index >= 15 is 0 Å². The summed E-state index contributed by atoms with van der Waals surface area (Å²) < 4.78 is 10.2. The molecule has 3 rings (SSSR count). The van der Waals surface area contributed by atoms with Gasteiger partial charge >= 0.3 is 0 Å². The molecule has 2 N–H and O–H groups in total. The number of halogens is 1. The quantitative estimate of drug-likeness (QED) is 0.665. The van der Waals surface area contributed by atoms with Crippen LogP contribution in [-0.4, -0.2) is 45.5 Å². The molecular weight excluding hydrogens is 356 g/mol. The van der Waals surface area contributed by atoms with Gasteiger partial charge in [-0.2, -0.15) is 5.10 Å². The first kappa shape index (κ1) is 16.1. The van der Waals surface area contributed by atoms with Gasteiger partial charge in [0.15, 0.2) is 0 Å². The first-order chi connectivity index (χ1) is 11.6. The van der Waals surface area contributed by atoms with E-state index in [2.05, 4.69) is 30.7 Å². The molecule has 0 spiro atoms. The third-order valence-corrected chi connectivity index (χ3v) is 4.02. The highest BCUT2D eigenvalue weighted by Gasteiger charge is 2.20. The van der Waals surface area contributed by atoms with E-state index in [1.54, 1.807) is 6.07 Å². The van der Waals surface area contributed by atoms with Crippen LogP contribution in [0, 0.1) is 0 Å². The van der Waals surface area contributed by atoms with E-state index in [0.29, 0.717) is 32.9 Å². The van der Waals surface area contributed by atoms with E-state index < -0.39 is 5.91 Å². The van der Waals surface area contributed by atoms with Gasteiger partial charge in [0, 0.05) is 5.56 Å². The standard InChI is InChI=1S/C13H11ClN6O3S/c1-22-8-5-15-9(14)3-6(8)10-7(4-16-18-10)11(21)17-12-19-20-13(23-2)24-12/h3-5H,1-2H3,(H,16,18)(H,17,19,21). The second kappa shape index (κ2) is 6.81. The highest BCUT2D eigenvalue weighted by Crippen LogP contribution is 2.32. The van der Waals surface area contributed by atoms with E-state index in [4.69, 9.17) is 21.1 Å². The maximum Gasteiger partial charge on any atom is 0.295 e. The molecule has 3 aromatic heterocycles. The smallest absolute Gasteiger partial charge is 0.295 e. The predicted molar refractivity (Wildman–Crippen MR) is 87.8 cm³/mol. The van der Waals surface area contributed by atoms with Gasteiger partial charge < -0.3 is 9.47 Å². The molecule has 1 amide bonds. The van der Waals surface area contributed by atoms with Crippen molar-refractivity contribution in [3.05, 3.63) is 29.2 Å². The molecule has 0 fully saturated rings. The van der Waals surface area contributed by atoms with Crippen LogP contribution < -0.4 is 14.8 Å². The number of hydrogen-bond donors (Lipinski definition) is 2. The van der Waals surface area contributed by atoms with Crippen molar-refractivity contribution in [2.45, 2.75) is 0 Å². The Kier molecular flexibility index (Phi) is 4.58. The fourth-order valence-electron chi connectivity index (χ4n) is 1.95. The van der Waals surface area contributed by atoms with Crippen LogP contribution in [0.15, 0.2) is 18.5 Å². The SMILES string of the molecule is COc1nnc(NC(=O)c2cn[nH]c2-c2cc(Cl)ncc2OC)s1. The van der Waals surface area contributed by atoms with E-state index in [-0.39, 0.29) is 5.15 Å². The number of aromatic nitrogens is 5. The van der Waals surface area contributed by atoms with Crippen LogP contribution in [0.5, 0.6) is 10.9 Å². The lowest BCUT2D eigenvalue weighted by Gasteiger charge is -2.08. The van der Waals surface area contributed by atoms with Crippen molar-refractivity contribution in [1.29, 1.82) is 0 Å². The van der Waals surface area contributed by atoms with Crippen molar-refractivity contribution in [2.24, 2.45) is 0 Å². The topological polar surface area (TPSA) is 115 Å². The number of rotatable bonds is 5. The molecule has 0 saturated heterocycles. The number of hydrogen-bond acceptors (Lipinski definition) is 8. The predicted octanol–water partition coefficient (Wildman–Crippen LogP) is 2.25. The fourth-order valence-corrected chi connectivity index (χ4v) is 2.66. The van der Waals surface area contributed by atoms with Gasteiger partial charge in [-0.15, -0.1) is 5.10 Å². The Morgan fingerprint density at radius 2 is 2.12 bits per heavy atom. The van der Waals surface area contributed by atoms with Crippen molar-refractivity contribution < 1.29 is 14.3 Å². The molecule has 0 saturated carbocycles. The number of carbonyl (C=O) groups is 1. The zero-order valence-electron chi connectivity index (χ0n) is 12.5. The minimum absolute atomic E-state index is 0.264. The molecule has 0 radical (unpaired) electrons. The lowest BCUT2D eigenvalue weighted by Crippen LogP contribution is -2.12. The van der Waals surface area contributed by atoms with Crippen LogP contribution in [0.1, 0.15) is 10.4 Å². The molecule has 0 atom stereocenters. The van der Waals surface area contributed by atoms with Gasteiger partial charge in [-0.25, -0.2) is 4.98 Å². The molecule has 0 aliphatic carbocycles. The summed E-state index contributed by atoms with van der Waals surface area (Å²) in [4.78, 5) is 16.4. The first-order valence-electron chi connectivity index (χ1n) is 6.54. The Bertz CT molecular complexity index is 880. The molecule has 0 unspecified atom stereocenters. The maximum atomic E-state index is 12.5. The van der Waals surface area contributed by atoms with Crippen molar-refractivity contribution in [2.75, 3.05) is 19.5 Å². The molecule has 0 aliphatic rings. The van der Waals surface area contributed by atoms with Crippen molar-refractivity contribution in [1.82, 2.24) is 25.4 Å². The second-order valence-electron chi connectivity index (χ2n) is 4.40. The average Bonchev–Trinajstić information content (AvgIpc) is 3.23. The number of nitrogens with one attached hydrogen (secondary N) is 2. The third kappa shape index (κ3) is 3.14. The summed E-state index contributed by atoms with van der Waals surface area (Å²) in [6, 6.07) is 1.58. The number of anilines is 1. The van der Waals surface area contributed by atoms with Crippen LogP contribution in [0.3, 0.4) is 0 Å². The monoisotopic (exact) mass is 366 g/mol. The zero-order chi connectivity index (χ0) is 17.1. The Morgan fingerprint density at radius 3 is 2.83 bits per heavy atom. The number of amides is 1. The lowest BCUT2D eigenvalue weighted by atomic mass is 10.1. The Labute approximate surface area is 145 Å². The maximum absolute atomic E-state index is 12.5. The Morgan fingerprint density at radius 1 is 1.29 bits per heavy atom.